The lowest BCUT2D eigenvalue weighted by Gasteiger charge is -2.16. The average molecular weight is 286 g/mol. The Balaban J connectivity index is 2.13. The molecule has 1 unspecified atom stereocenters. The van der Waals surface area contributed by atoms with Crippen molar-refractivity contribution < 1.29 is 14.3 Å². The van der Waals surface area contributed by atoms with Gasteiger partial charge in [-0.3, -0.25) is 9.78 Å². The number of pyridine rings is 1. The van der Waals surface area contributed by atoms with Crippen LogP contribution in [0.25, 0.3) is 0 Å². The van der Waals surface area contributed by atoms with Crippen molar-refractivity contribution in [1.82, 2.24) is 10.3 Å². The fraction of sp³-hybridized carbons (Fsp3) is 0.250. The van der Waals surface area contributed by atoms with Crippen LogP contribution in [0, 0.1) is 0 Å². The van der Waals surface area contributed by atoms with Crippen LogP contribution in [0.1, 0.15) is 29.0 Å². The van der Waals surface area contributed by atoms with Crippen LogP contribution in [0.2, 0.25) is 0 Å². The van der Waals surface area contributed by atoms with Crippen molar-refractivity contribution in [3.63, 3.8) is 0 Å². The molecule has 2 rings (SSSR count). The van der Waals surface area contributed by atoms with E-state index in [4.69, 9.17) is 9.47 Å². The van der Waals surface area contributed by atoms with E-state index < -0.39 is 0 Å². The van der Waals surface area contributed by atoms with Gasteiger partial charge in [0.25, 0.3) is 5.91 Å². The van der Waals surface area contributed by atoms with Gasteiger partial charge in [0.15, 0.2) is 11.5 Å². The minimum atomic E-state index is -0.210. The molecule has 1 heterocycles. The molecule has 0 saturated heterocycles. The summed E-state index contributed by atoms with van der Waals surface area (Å²) >= 11 is 0. The number of benzene rings is 1. The van der Waals surface area contributed by atoms with Gasteiger partial charge in [-0.25, -0.2) is 0 Å². The number of hydrogen-bond acceptors (Lipinski definition) is 4. The Kier molecular flexibility index (Phi) is 4.77. The largest absolute Gasteiger partial charge is 0.493 e. The molecule has 1 amide bonds. The summed E-state index contributed by atoms with van der Waals surface area (Å²) in [5.74, 6) is 1.08. The second-order valence-electron chi connectivity index (χ2n) is 4.52. The fourth-order valence-corrected chi connectivity index (χ4v) is 1.97. The van der Waals surface area contributed by atoms with E-state index in [1.54, 1.807) is 38.6 Å². The molecule has 0 bridgehead atoms. The van der Waals surface area contributed by atoms with Crippen molar-refractivity contribution in [2.75, 3.05) is 14.2 Å². The second kappa shape index (κ2) is 6.74. The Labute approximate surface area is 123 Å². The van der Waals surface area contributed by atoms with Gasteiger partial charge in [-0.05, 0) is 36.8 Å². The molecule has 21 heavy (non-hydrogen) atoms. The first-order chi connectivity index (χ1) is 10.2. The van der Waals surface area contributed by atoms with Crippen molar-refractivity contribution in [3.8, 4) is 11.5 Å². The number of nitrogens with zero attached hydrogens (tertiary/aromatic N) is 1. The maximum Gasteiger partial charge on any atom is 0.270 e. The van der Waals surface area contributed by atoms with Crippen LogP contribution < -0.4 is 14.8 Å². The highest BCUT2D eigenvalue weighted by Crippen LogP contribution is 2.29. The van der Waals surface area contributed by atoms with Gasteiger partial charge in [-0.15, -0.1) is 0 Å². The lowest BCUT2D eigenvalue weighted by atomic mass is 10.1. The summed E-state index contributed by atoms with van der Waals surface area (Å²) in [4.78, 5) is 16.1. The summed E-state index contributed by atoms with van der Waals surface area (Å²) in [6, 6.07) is 10.6. The molecule has 2 aromatic rings. The van der Waals surface area contributed by atoms with Gasteiger partial charge >= 0.3 is 0 Å². The highest BCUT2D eigenvalue weighted by molar-refractivity contribution is 5.92. The van der Waals surface area contributed by atoms with Crippen molar-refractivity contribution in [2.24, 2.45) is 0 Å². The number of carbonyl (C=O) groups is 1. The van der Waals surface area contributed by atoms with Gasteiger partial charge < -0.3 is 14.8 Å². The van der Waals surface area contributed by atoms with Gasteiger partial charge in [0.1, 0.15) is 5.69 Å². The van der Waals surface area contributed by atoms with Crippen LogP contribution in [0.4, 0.5) is 0 Å². The van der Waals surface area contributed by atoms with Gasteiger partial charge in [0.05, 0.1) is 20.3 Å². The molecule has 0 fully saturated rings. The topological polar surface area (TPSA) is 60.5 Å². The molecule has 0 aliphatic heterocycles. The molecule has 5 nitrogen and oxygen atoms in total. The van der Waals surface area contributed by atoms with Crippen LogP contribution in [0.5, 0.6) is 11.5 Å². The van der Waals surface area contributed by atoms with E-state index >= 15 is 0 Å². The number of hydrogen-bond donors (Lipinski definition) is 1. The Morgan fingerprint density at radius 3 is 2.52 bits per heavy atom. The Bertz CT molecular complexity index is 614. The SMILES string of the molecule is COc1ccc(C(C)NC(=O)c2ccccn2)cc1OC. The molecule has 0 spiro atoms. The number of ether oxygens (including phenoxy) is 2. The predicted molar refractivity (Wildman–Crippen MR) is 79.7 cm³/mol. The first-order valence-corrected chi connectivity index (χ1v) is 6.59. The highest BCUT2D eigenvalue weighted by atomic mass is 16.5. The molecule has 0 aliphatic carbocycles. The summed E-state index contributed by atoms with van der Waals surface area (Å²) in [6.45, 7) is 1.90. The summed E-state index contributed by atoms with van der Waals surface area (Å²) in [7, 11) is 3.17. The van der Waals surface area contributed by atoms with Crippen molar-refractivity contribution >= 4 is 5.91 Å². The van der Waals surface area contributed by atoms with E-state index in [9.17, 15) is 4.79 Å². The van der Waals surface area contributed by atoms with Crippen LogP contribution in [0.3, 0.4) is 0 Å². The zero-order valence-corrected chi connectivity index (χ0v) is 12.3. The highest BCUT2D eigenvalue weighted by Gasteiger charge is 2.14. The number of amides is 1. The van der Waals surface area contributed by atoms with Crippen LogP contribution >= 0.6 is 0 Å². The molecule has 1 aromatic carbocycles. The standard InChI is InChI=1S/C16H18N2O3/c1-11(18-16(19)13-6-4-5-9-17-13)12-7-8-14(20-2)15(10-12)21-3/h4-11H,1-3H3,(H,18,19). The number of methoxy groups -OCH3 is 2. The number of carbonyl (C=O) groups excluding carboxylic acids is 1. The molecular formula is C16H18N2O3. The van der Waals surface area contributed by atoms with Crippen molar-refractivity contribution in [3.05, 3.63) is 53.9 Å². The number of aromatic nitrogens is 1. The zero-order chi connectivity index (χ0) is 15.2. The Morgan fingerprint density at radius 1 is 1.14 bits per heavy atom. The second-order valence-corrected chi connectivity index (χ2v) is 4.52. The first-order valence-electron chi connectivity index (χ1n) is 6.59. The summed E-state index contributed by atoms with van der Waals surface area (Å²) in [5.41, 5.74) is 1.32. The molecule has 0 aliphatic rings. The van der Waals surface area contributed by atoms with E-state index in [1.807, 2.05) is 25.1 Å². The predicted octanol–water partition coefficient (Wildman–Crippen LogP) is 2.59. The quantitative estimate of drug-likeness (QED) is 0.917. The molecule has 0 radical (unpaired) electrons. The summed E-state index contributed by atoms with van der Waals surface area (Å²) in [5, 5.41) is 2.90. The lowest BCUT2D eigenvalue weighted by Crippen LogP contribution is -2.27. The molecule has 5 heteroatoms. The van der Waals surface area contributed by atoms with E-state index in [0.717, 1.165) is 5.56 Å². The fourth-order valence-electron chi connectivity index (χ4n) is 1.97. The third-order valence-electron chi connectivity index (χ3n) is 3.15. The van der Waals surface area contributed by atoms with Crippen LogP contribution in [-0.2, 0) is 0 Å². The minimum Gasteiger partial charge on any atom is -0.493 e. The molecule has 110 valence electrons. The normalized spacial score (nSPS) is 11.6. The van der Waals surface area contributed by atoms with E-state index in [2.05, 4.69) is 10.3 Å². The number of rotatable bonds is 5. The van der Waals surface area contributed by atoms with Crippen LogP contribution in [0.15, 0.2) is 42.6 Å². The summed E-state index contributed by atoms with van der Waals surface area (Å²) < 4.78 is 10.5. The Hall–Kier alpha value is -2.56. The molecule has 0 saturated carbocycles. The molecular weight excluding hydrogens is 268 g/mol. The average Bonchev–Trinajstić information content (AvgIpc) is 2.54. The maximum atomic E-state index is 12.1. The smallest absolute Gasteiger partial charge is 0.270 e. The Morgan fingerprint density at radius 2 is 1.90 bits per heavy atom. The van der Waals surface area contributed by atoms with E-state index in [1.165, 1.54) is 0 Å². The lowest BCUT2D eigenvalue weighted by molar-refractivity contribution is 0.0935. The third kappa shape index (κ3) is 3.51. The molecule has 1 atom stereocenters. The van der Waals surface area contributed by atoms with Crippen molar-refractivity contribution in [1.29, 1.82) is 0 Å². The van der Waals surface area contributed by atoms with Gasteiger partial charge in [-0.2, -0.15) is 0 Å². The zero-order valence-electron chi connectivity index (χ0n) is 12.3. The minimum absolute atomic E-state index is 0.167. The maximum absolute atomic E-state index is 12.1. The monoisotopic (exact) mass is 286 g/mol. The number of nitrogens with one attached hydrogen (secondary N) is 1. The molecule has 1 aromatic heterocycles. The van der Waals surface area contributed by atoms with Gasteiger partial charge in [-0.1, -0.05) is 12.1 Å². The van der Waals surface area contributed by atoms with Crippen LogP contribution in [-0.4, -0.2) is 25.1 Å². The third-order valence-corrected chi connectivity index (χ3v) is 3.15. The van der Waals surface area contributed by atoms with E-state index in [0.29, 0.717) is 17.2 Å². The van der Waals surface area contributed by atoms with Gasteiger partial charge in [0, 0.05) is 6.20 Å². The summed E-state index contributed by atoms with van der Waals surface area (Å²) in [6.07, 6.45) is 1.59. The van der Waals surface area contributed by atoms with Gasteiger partial charge in [0.2, 0.25) is 0 Å². The first kappa shape index (κ1) is 14.8. The van der Waals surface area contributed by atoms with Crippen molar-refractivity contribution in [2.45, 2.75) is 13.0 Å². The van der Waals surface area contributed by atoms with E-state index in [-0.39, 0.29) is 11.9 Å². The molecule has 1 N–H and O–H groups in total.